The fraction of sp³-hybridized carbons (Fsp3) is 0.182. The number of imidazole rings is 1. The van der Waals surface area contributed by atoms with E-state index in [0.717, 1.165) is 17.6 Å². The van der Waals surface area contributed by atoms with E-state index < -0.39 is 11.6 Å². The summed E-state index contributed by atoms with van der Waals surface area (Å²) in [5.41, 5.74) is 1.12. The molecule has 1 heterocycles. The Bertz CT molecular complexity index is 494. The van der Waals surface area contributed by atoms with Crippen molar-refractivity contribution in [3.05, 3.63) is 47.5 Å². The number of H-pyrrole nitrogens is 1. The first-order valence-corrected chi connectivity index (χ1v) is 4.84. The van der Waals surface area contributed by atoms with E-state index in [4.69, 9.17) is 0 Å². The molecule has 0 amide bonds. The van der Waals surface area contributed by atoms with Crippen LogP contribution in [0.15, 0.2) is 24.4 Å². The Labute approximate surface area is 91.5 Å². The van der Waals surface area contributed by atoms with Crippen molar-refractivity contribution in [3.63, 3.8) is 0 Å². The molecule has 2 N–H and O–H groups in total. The Hall–Kier alpha value is -1.91. The number of aromatic nitrogens is 2. The molecule has 0 atom stereocenters. The zero-order valence-corrected chi connectivity index (χ0v) is 8.72. The second-order valence-electron chi connectivity index (χ2n) is 3.47. The van der Waals surface area contributed by atoms with Gasteiger partial charge >= 0.3 is 0 Å². The van der Waals surface area contributed by atoms with Crippen LogP contribution in [0.1, 0.15) is 11.5 Å². The number of aryl methyl sites for hydroxylation is 1. The van der Waals surface area contributed by atoms with E-state index in [9.17, 15) is 8.78 Å². The minimum Gasteiger partial charge on any atom is -0.377 e. The van der Waals surface area contributed by atoms with Crippen molar-refractivity contribution in [2.24, 2.45) is 0 Å². The number of nitrogens with zero attached hydrogens (tertiary/aromatic N) is 1. The van der Waals surface area contributed by atoms with Gasteiger partial charge < -0.3 is 10.3 Å². The lowest BCUT2D eigenvalue weighted by Crippen LogP contribution is -2.02. The van der Waals surface area contributed by atoms with Crippen LogP contribution in [0.3, 0.4) is 0 Å². The third-order valence-electron chi connectivity index (χ3n) is 2.16. The molecule has 2 aromatic rings. The van der Waals surface area contributed by atoms with E-state index in [-0.39, 0.29) is 5.69 Å². The molecule has 84 valence electrons. The predicted molar refractivity (Wildman–Crippen MR) is 57.0 cm³/mol. The topological polar surface area (TPSA) is 40.7 Å². The molecule has 0 bridgehead atoms. The maximum atomic E-state index is 13.2. The van der Waals surface area contributed by atoms with E-state index in [1.54, 1.807) is 6.20 Å². The van der Waals surface area contributed by atoms with Crippen LogP contribution in [0.2, 0.25) is 0 Å². The van der Waals surface area contributed by atoms with Crippen LogP contribution < -0.4 is 5.32 Å². The van der Waals surface area contributed by atoms with Crippen LogP contribution >= 0.6 is 0 Å². The van der Waals surface area contributed by atoms with Crippen molar-refractivity contribution in [3.8, 4) is 0 Å². The van der Waals surface area contributed by atoms with Gasteiger partial charge in [0, 0.05) is 6.07 Å². The molecule has 0 radical (unpaired) electrons. The third kappa shape index (κ3) is 2.36. The maximum absolute atomic E-state index is 13.2. The highest BCUT2D eigenvalue weighted by Gasteiger charge is 2.03. The van der Waals surface area contributed by atoms with Crippen molar-refractivity contribution >= 4 is 5.69 Å². The van der Waals surface area contributed by atoms with Crippen molar-refractivity contribution in [2.75, 3.05) is 5.32 Å². The molecule has 16 heavy (non-hydrogen) atoms. The highest BCUT2D eigenvalue weighted by atomic mass is 19.1. The maximum Gasteiger partial charge on any atom is 0.149 e. The molecule has 0 aliphatic carbocycles. The summed E-state index contributed by atoms with van der Waals surface area (Å²) >= 11 is 0. The Morgan fingerprint density at radius 3 is 2.81 bits per heavy atom. The monoisotopic (exact) mass is 223 g/mol. The van der Waals surface area contributed by atoms with Gasteiger partial charge in [0.1, 0.15) is 17.5 Å². The molecular formula is C11H11F2N3. The van der Waals surface area contributed by atoms with Crippen LogP contribution in [0.5, 0.6) is 0 Å². The highest BCUT2D eigenvalue weighted by molar-refractivity contribution is 5.44. The fourth-order valence-electron chi connectivity index (χ4n) is 1.38. The van der Waals surface area contributed by atoms with Gasteiger partial charge in [0.2, 0.25) is 0 Å². The largest absolute Gasteiger partial charge is 0.377 e. The number of hydrogen-bond donors (Lipinski definition) is 2. The van der Waals surface area contributed by atoms with Crippen LogP contribution in [0, 0.1) is 18.6 Å². The Morgan fingerprint density at radius 1 is 1.38 bits per heavy atom. The Balaban J connectivity index is 2.04. The lowest BCUT2D eigenvalue weighted by molar-refractivity contribution is 0.585. The van der Waals surface area contributed by atoms with Gasteiger partial charge in [0.25, 0.3) is 0 Å². The standard InChI is InChI=1S/C11H11F2N3/c1-7-14-5-9(16-7)6-15-11-3-2-8(12)4-10(11)13/h2-5,15H,6H2,1H3,(H,14,16). The molecule has 0 spiro atoms. The number of halogens is 2. The fourth-order valence-corrected chi connectivity index (χ4v) is 1.38. The van der Waals surface area contributed by atoms with Gasteiger partial charge in [-0.05, 0) is 19.1 Å². The number of hydrogen-bond acceptors (Lipinski definition) is 2. The summed E-state index contributed by atoms with van der Waals surface area (Å²) in [6, 6.07) is 3.43. The van der Waals surface area contributed by atoms with E-state index in [2.05, 4.69) is 15.3 Å². The molecule has 3 nitrogen and oxygen atoms in total. The molecule has 0 fully saturated rings. The lowest BCUT2D eigenvalue weighted by Gasteiger charge is -2.05. The van der Waals surface area contributed by atoms with Gasteiger partial charge in [-0.15, -0.1) is 0 Å². The number of nitrogens with one attached hydrogen (secondary N) is 2. The third-order valence-corrected chi connectivity index (χ3v) is 2.16. The van der Waals surface area contributed by atoms with Gasteiger partial charge in [0.05, 0.1) is 24.1 Å². The summed E-state index contributed by atoms with van der Waals surface area (Å²) < 4.78 is 25.9. The van der Waals surface area contributed by atoms with Gasteiger partial charge in [-0.3, -0.25) is 0 Å². The SMILES string of the molecule is Cc1ncc(CNc2ccc(F)cc2F)[nH]1. The quantitative estimate of drug-likeness (QED) is 0.839. The minimum absolute atomic E-state index is 0.272. The van der Waals surface area contributed by atoms with Gasteiger partial charge in [-0.1, -0.05) is 0 Å². The first-order chi connectivity index (χ1) is 7.65. The summed E-state index contributed by atoms with van der Waals surface area (Å²) in [4.78, 5) is 7.02. The average Bonchev–Trinajstić information content (AvgIpc) is 2.63. The lowest BCUT2D eigenvalue weighted by atomic mass is 10.3. The zero-order valence-electron chi connectivity index (χ0n) is 8.72. The second-order valence-corrected chi connectivity index (χ2v) is 3.47. The normalized spacial score (nSPS) is 10.4. The van der Waals surface area contributed by atoms with E-state index in [1.165, 1.54) is 12.1 Å². The molecule has 0 saturated carbocycles. The van der Waals surface area contributed by atoms with Crippen LogP contribution in [0.25, 0.3) is 0 Å². The summed E-state index contributed by atoms with van der Waals surface area (Å²) in [6.45, 7) is 2.26. The number of rotatable bonds is 3. The second kappa shape index (κ2) is 4.30. The average molecular weight is 223 g/mol. The van der Waals surface area contributed by atoms with E-state index in [1.807, 2.05) is 6.92 Å². The number of anilines is 1. The van der Waals surface area contributed by atoms with Gasteiger partial charge in [0.15, 0.2) is 0 Å². The summed E-state index contributed by atoms with van der Waals surface area (Å²) in [7, 11) is 0. The molecule has 0 unspecified atom stereocenters. The zero-order chi connectivity index (χ0) is 11.5. The van der Waals surface area contributed by atoms with E-state index >= 15 is 0 Å². The molecular weight excluding hydrogens is 212 g/mol. The van der Waals surface area contributed by atoms with Gasteiger partial charge in [-0.25, -0.2) is 13.8 Å². The molecule has 5 heteroatoms. The van der Waals surface area contributed by atoms with Crippen molar-refractivity contribution in [2.45, 2.75) is 13.5 Å². The van der Waals surface area contributed by atoms with Gasteiger partial charge in [-0.2, -0.15) is 0 Å². The molecule has 1 aromatic carbocycles. The van der Waals surface area contributed by atoms with Crippen LogP contribution in [-0.4, -0.2) is 9.97 Å². The molecule has 0 aliphatic rings. The number of aromatic amines is 1. The van der Waals surface area contributed by atoms with Crippen LogP contribution in [0.4, 0.5) is 14.5 Å². The van der Waals surface area contributed by atoms with Crippen LogP contribution in [-0.2, 0) is 6.54 Å². The smallest absolute Gasteiger partial charge is 0.149 e. The van der Waals surface area contributed by atoms with Crippen molar-refractivity contribution < 1.29 is 8.78 Å². The highest BCUT2D eigenvalue weighted by Crippen LogP contribution is 2.15. The summed E-state index contributed by atoms with van der Waals surface area (Å²) in [5, 5.41) is 2.86. The van der Waals surface area contributed by atoms with E-state index in [0.29, 0.717) is 6.54 Å². The molecule has 2 rings (SSSR count). The van der Waals surface area contributed by atoms with Crippen molar-refractivity contribution in [1.29, 1.82) is 0 Å². The molecule has 0 aliphatic heterocycles. The molecule has 0 saturated heterocycles. The summed E-state index contributed by atoms with van der Waals surface area (Å²) in [5.74, 6) is -0.381. The Kier molecular flexibility index (Phi) is 2.85. The summed E-state index contributed by atoms with van der Waals surface area (Å²) in [6.07, 6.45) is 1.67. The molecule has 1 aromatic heterocycles. The minimum atomic E-state index is -0.601. The number of benzene rings is 1. The first-order valence-electron chi connectivity index (χ1n) is 4.84. The van der Waals surface area contributed by atoms with Crippen molar-refractivity contribution in [1.82, 2.24) is 9.97 Å². The Morgan fingerprint density at radius 2 is 2.19 bits per heavy atom. The predicted octanol–water partition coefficient (Wildman–Crippen LogP) is 2.61. The first kappa shape index (κ1) is 10.6.